The minimum Gasteiger partial charge on any atom is -0.369 e. The first-order chi connectivity index (χ1) is 7.07. The molecule has 1 aromatic rings. The Hall–Kier alpha value is -0.580. The number of aliphatic imine (C=N–C) groups is 1. The van der Waals surface area contributed by atoms with E-state index in [9.17, 15) is 0 Å². The lowest BCUT2D eigenvalue weighted by molar-refractivity contribution is 0.362. The van der Waals surface area contributed by atoms with Crippen molar-refractivity contribution in [3.63, 3.8) is 0 Å². The van der Waals surface area contributed by atoms with E-state index in [-0.39, 0.29) is 5.41 Å². The number of hydrogen-bond acceptors (Lipinski definition) is 2. The molecule has 80 valence electrons. The third-order valence-electron chi connectivity index (χ3n) is 2.52. The fourth-order valence-electron chi connectivity index (χ4n) is 1.53. The molecule has 0 aliphatic carbocycles. The number of rotatable bonds is 1. The molecule has 3 heteroatoms. The van der Waals surface area contributed by atoms with Gasteiger partial charge in [0, 0.05) is 27.6 Å². The number of amidine groups is 1. The van der Waals surface area contributed by atoms with E-state index in [0.29, 0.717) is 0 Å². The summed E-state index contributed by atoms with van der Waals surface area (Å²) in [5.74, 6) is 1.03. The molecule has 15 heavy (non-hydrogen) atoms. The molecule has 0 fully saturated rings. The van der Waals surface area contributed by atoms with Crippen LogP contribution in [0.2, 0.25) is 0 Å². The van der Waals surface area contributed by atoms with Gasteiger partial charge in [-0.15, -0.1) is 0 Å². The maximum absolute atomic E-state index is 4.59. The molecule has 0 saturated carbocycles. The van der Waals surface area contributed by atoms with Crippen LogP contribution in [-0.4, -0.2) is 18.9 Å². The minimum absolute atomic E-state index is 0.284. The molecule has 1 N–H and O–H groups in total. The predicted octanol–water partition coefficient (Wildman–Crippen LogP) is 2.67. The first-order valence-corrected chi connectivity index (χ1v) is 6.19. The van der Waals surface area contributed by atoms with Gasteiger partial charge in [-0.25, -0.2) is 0 Å². The zero-order valence-corrected chi connectivity index (χ0v) is 11.2. The fourth-order valence-corrected chi connectivity index (χ4v) is 1.89. The smallest absolute Gasteiger partial charge is 0.128 e. The molecule has 0 aromatic heterocycles. The number of nitrogens with one attached hydrogen (secondary N) is 1. The van der Waals surface area contributed by atoms with Crippen molar-refractivity contribution < 1.29 is 0 Å². The van der Waals surface area contributed by atoms with Crippen LogP contribution in [0.3, 0.4) is 0 Å². The monoisotopic (exact) mass is 314 g/mol. The van der Waals surface area contributed by atoms with Crippen LogP contribution in [-0.2, 0) is 0 Å². The van der Waals surface area contributed by atoms with E-state index in [2.05, 4.69) is 71.0 Å². The van der Waals surface area contributed by atoms with Gasteiger partial charge >= 0.3 is 0 Å². The van der Waals surface area contributed by atoms with Crippen LogP contribution in [0.1, 0.15) is 19.4 Å². The summed E-state index contributed by atoms with van der Waals surface area (Å²) in [7, 11) is 0. The van der Waals surface area contributed by atoms with E-state index in [0.717, 1.165) is 18.9 Å². The van der Waals surface area contributed by atoms with Gasteiger partial charge in [-0.05, 0) is 34.7 Å². The van der Waals surface area contributed by atoms with Crippen molar-refractivity contribution in [3.8, 4) is 0 Å². The Bertz CT molecular complexity index is 379. The molecular formula is C12H15IN2. The molecule has 1 heterocycles. The van der Waals surface area contributed by atoms with Crippen LogP contribution in [0.5, 0.6) is 0 Å². The minimum atomic E-state index is 0.284. The van der Waals surface area contributed by atoms with Gasteiger partial charge in [-0.3, -0.25) is 4.99 Å². The molecule has 2 rings (SSSR count). The third kappa shape index (κ3) is 2.71. The zero-order chi connectivity index (χ0) is 10.9. The van der Waals surface area contributed by atoms with Gasteiger partial charge < -0.3 is 5.32 Å². The van der Waals surface area contributed by atoms with Crippen molar-refractivity contribution in [2.75, 3.05) is 13.1 Å². The van der Waals surface area contributed by atoms with Crippen molar-refractivity contribution in [2.24, 2.45) is 10.4 Å². The Morgan fingerprint density at radius 1 is 1.27 bits per heavy atom. The van der Waals surface area contributed by atoms with E-state index in [4.69, 9.17) is 0 Å². The molecule has 1 aliphatic heterocycles. The van der Waals surface area contributed by atoms with Gasteiger partial charge in [0.2, 0.25) is 0 Å². The van der Waals surface area contributed by atoms with E-state index in [1.165, 1.54) is 9.13 Å². The lowest BCUT2D eigenvalue weighted by Crippen LogP contribution is -2.41. The van der Waals surface area contributed by atoms with Gasteiger partial charge in [0.05, 0.1) is 0 Å². The fraction of sp³-hybridized carbons (Fsp3) is 0.417. The van der Waals surface area contributed by atoms with Gasteiger partial charge in [0.15, 0.2) is 0 Å². The summed E-state index contributed by atoms with van der Waals surface area (Å²) in [5, 5.41) is 3.39. The van der Waals surface area contributed by atoms with Gasteiger partial charge in [-0.2, -0.15) is 0 Å². The summed E-state index contributed by atoms with van der Waals surface area (Å²) >= 11 is 2.31. The third-order valence-corrected chi connectivity index (χ3v) is 3.24. The average Bonchev–Trinajstić information content (AvgIpc) is 2.20. The molecule has 2 nitrogen and oxygen atoms in total. The number of hydrogen-bond donors (Lipinski definition) is 1. The highest BCUT2D eigenvalue weighted by atomic mass is 127. The molecule has 0 saturated heterocycles. The highest BCUT2D eigenvalue weighted by Crippen LogP contribution is 2.18. The van der Waals surface area contributed by atoms with Crippen LogP contribution in [0.15, 0.2) is 29.3 Å². The lowest BCUT2D eigenvalue weighted by atomic mass is 9.92. The summed E-state index contributed by atoms with van der Waals surface area (Å²) < 4.78 is 1.26. The van der Waals surface area contributed by atoms with Crippen LogP contribution >= 0.6 is 22.6 Å². The molecule has 0 bridgehead atoms. The van der Waals surface area contributed by atoms with Gasteiger partial charge in [0.1, 0.15) is 5.84 Å². The summed E-state index contributed by atoms with van der Waals surface area (Å²) in [4.78, 5) is 4.59. The van der Waals surface area contributed by atoms with Crippen LogP contribution in [0.4, 0.5) is 0 Å². The lowest BCUT2D eigenvalue weighted by Gasteiger charge is -2.29. The molecule has 0 unspecified atom stereocenters. The Labute approximate surface area is 104 Å². The summed E-state index contributed by atoms with van der Waals surface area (Å²) in [5.41, 5.74) is 1.47. The van der Waals surface area contributed by atoms with E-state index in [1.807, 2.05) is 0 Å². The molecule has 1 aromatic carbocycles. The van der Waals surface area contributed by atoms with Crippen molar-refractivity contribution in [1.29, 1.82) is 0 Å². The molecule has 1 aliphatic rings. The number of benzene rings is 1. The predicted molar refractivity (Wildman–Crippen MR) is 72.3 cm³/mol. The second-order valence-corrected chi connectivity index (χ2v) is 5.94. The molecular weight excluding hydrogens is 299 g/mol. The summed E-state index contributed by atoms with van der Waals surface area (Å²) in [6.07, 6.45) is 0. The second kappa shape index (κ2) is 4.12. The van der Waals surface area contributed by atoms with Crippen LogP contribution in [0, 0.1) is 8.99 Å². The Morgan fingerprint density at radius 2 is 1.93 bits per heavy atom. The van der Waals surface area contributed by atoms with Crippen molar-refractivity contribution >= 4 is 28.4 Å². The van der Waals surface area contributed by atoms with Gasteiger partial charge in [0.25, 0.3) is 0 Å². The summed E-state index contributed by atoms with van der Waals surface area (Å²) in [6, 6.07) is 8.46. The number of halogens is 1. The average molecular weight is 314 g/mol. The van der Waals surface area contributed by atoms with E-state index < -0.39 is 0 Å². The van der Waals surface area contributed by atoms with Gasteiger partial charge in [-0.1, -0.05) is 26.0 Å². The van der Waals surface area contributed by atoms with E-state index in [1.54, 1.807) is 0 Å². The SMILES string of the molecule is CC1(C)CN=C(c2ccc(I)cc2)NC1. The Balaban J connectivity index is 2.19. The highest BCUT2D eigenvalue weighted by Gasteiger charge is 2.22. The van der Waals surface area contributed by atoms with Crippen molar-refractivity contribution in [2.45, 2.75) is 13.8 Å². The largest absolute Gasteiger partial charge is 0.369 e. The molecule has 0 atom stereocenters. The van der Waals surface area contributed by atoms with Crippen molar-refractivity contribution in [1.82, 2.24) is 5.32 Å². The van der Waals surface area contributed by atoms with Crippen LogP contribution < -0.4 is 5.32 Å². The maximum Gasteiger partial charge on any atom is 0.128 e. The zero-order valence-electron chi connectivity index (χ0n) is 9.05. The standard InChI is InChI=1S/C12H15IN2/c1-12(2)7-14-11(15-8-12)9-3-5-10(13)6-4-9/h3-6H,7-8H2,1-2H3,(H,14,15). The summed E-state index contributed by atoms with van der Waals surface area (Å²) in [6.45, 7) is 6.36. The van der Waals surface area contributed by atoms with Crippen LogP contribution in [0.25, 0.3) is 0 Å². The second-order valence-electron chi connectivity index (χ2n) is 4.69. The normalized spacial score (nSPS) is 19.3. The topological polar surface area (TPSA) is 24.4 Å². The quantitative estimate of drug-likeness (QED) is 0.792. The first-order valence-electron chi connectivity index (χ1n) is 5.11. The Morgan fingerprint density at radius 3 is 2.47 bits per heavy atom. The first kappa shape index (κ1) is 10.9. The highest BCUT2D eigenvalue weighted by molar-refractivity contribution is 14.1. The van der Waals surface area contributed by atoms with E-state index >= 15 is 0 Å². The molecule has 0 spiro atoms. The maximum atomic E-state index is 4.59. The molecule has 0 amide bonds. The Kier molecular flexibility index (Phi) is 3.00. The van der Waals surface area contributed by atoms with Crippen molar-refractivity contribution in [3.05, 3.63) is 33.4 Å². The number of nitrogens with zero attached hydrogens (tertiary/aromatic N) is 1. The molecule has 0 radical (unpaired) electrons.